The van der Waals surface area contributed by atoms with Crippen LogP contribution >= 0.6 is 0 Å². The van der Waals surface area contributed by atoms with Gasteiger partial charge in [0.15, 0.2) is 17.3 Å². The van der Waals surface area contributed by atoms with Crippen LogP contribution in [0.15, 0.2) is 4.63 Å². The van der Waals surface area contributed by atoms with E-state index in [4.69, 9.17) is 5.73 Å². The summed E-state index contributed by atoms with van der Waals surface area (Å²) < 4.78 is 4.16. The van der Waals surface area contributed by atoms with Gasteiger partial charge in [-0.1, -0.05) is 0 Å². The number of carbonyl (C=O) groups is 1. The number of Topliss-reactive ketones (excluding diaryl/α,β-unsaturated/α-hetero) is 1. The number of aromatic nitrogens is 2. The summed E-state index contributed by atoms with van der Waals surface area (Å²) in [6.45, 7) is 1.34. The summed E-state index contributed by atoms with van der Waals surface area (Å²) in [4.78, 5) is 10.5. The van der Waals surface area contributed by atoms with Gasteiger partial charge in [-0.05, 0) is 10.3 Å². The number of nitrogens with zero attached hydrogens (tertiary/aromatic N) is 2. The van der Waals surface area contributed by atoms with Gasteiger partial charge in [0, 0.05) is 6.92 Å². The van der Waals surface area contributed by atoms with E-state index in [1.165, 1.54) is 6.92 Å². The van der Waals surface area contributed by atoms with Crippen LogP contribution in [0.25, 0.3) is 0 Å². The molecule has 0 spiro atoms. The van der Waals surface area contributed by atoms with Gasteiger partial charge in [-0.2, -0.15) is 0 Å². The highest BCUT2D eigenvalue weighted by Gasteiger charge is 2.09. The number of nitrogen functional groups attached to an aromatic ring is 1. The molecule has 0 amide bonds. The second kappa shape index (κ2) is 1.85. The molecule has 5 nitrogen and oxygen atoms in total. The van der Waals surface area contributed by atoms with Gasteiger partial charge in [0.25, 0.3) is 0 Å². The van der Waals surface area contributed by atoms with Crippen LogP contribution in [0.3, 0.4) is 0 Å². The highest BCUT2D eigenvalue weighted by Crippen LogP contribution is 2.03. The second-order valence-corrected chi connectivity index (χ2v) is 1.55. The van der Waals surface area contributed by atoms with Gasteiger partial charge in [0.1, 0.15) is 0 Å². The van der Waals surface area contributed by atoms with Gasteiger partial charge in [0.2, 0.25) is 0 Å². The van der Waals surface area contributed by atoms with Crippen LogP contribution in [-0.4, -0.2) is 16.1 Å². The van der Waals surface area contributed by atoms with Gasteiger partial charge in [-0.15, -0.1) is 0 Å². The molecule has 2 N–H and O–H groups in total. The normalized spacial score (nSPS) is 9.44. The molecule has 0 aliphatic heterocycles. The number of carbonyl (C=O) groups excluding carboxylic acids is 1. The number of nitrogens with two attached hydrogens (primary N) is 1. The quantitative estimate of drug-likeness (QED) is 0.530. The molecule has 0 saturated heterocycles. The van der Waals surface area contributed by atoms with E-state index >= 15 is 0 Å². The van der Waals surface area contributed by atoms with Crippen LogP contribution in [0.4, 0.5) is 5.82 Å². The summed E-state index contributed by atoms with van der Waals surface area (Å²) in [6, 6.07) is 0. The molecule has 5 heteroatoms. The van der Waals surface area contributed by atoms with Gasteiger partial charge in [0.05, 0.1) is 0 Å². The van der Waals surface area contributed by atoms with Crippen molar-refractivity contribution in [3.05, 3.63) is 5.69 Å². The predicted molar refractivity (Wildman–Crippen MR) is 28.7 cm³/mol. The summed E-state index contributed by atoms with van der Waals surface area (Å²) in [6.07, 6.45) is 0. The first-order chi connectivity index (χ1) is 4.22. The number of hydrogen-bond acceptors (Lipinski definition) is 5. The maximum absolute atomic E-state index is 10.5. The molecule has 0 bridgehead atoms. The molecule has 0 fully saturated rings. The Balaban J connectivity index is 3.08. The lowest BCUT2D eigenvalue weighted by Gasteiger charge is -1.81. The zero-order valence-corrected chi connectivity index (χ0v) is 4.79. The lowest BCUT2D eigenvalue weighted by molar-refractivity contribution is 0.100. The smallest absolute Gasteiger partial charge is 0.199 e. The SMILES string of the molecule is CC(=O)c1nonc1N. The molecule has 0 saturated carbocycles. The van der Waals surface area contributed by atoms with E-state index < -0.39 is 0 Å². The average Bonchev–Trinajstić information content (AvgIpc) is 2.13. The van der Waals surface area contributed by atoms with E-state index in [1.54, 1.807) is 0 Å². The van der Waals surface area contributed by atoms with Crippen LogP contribution in [0.2, 0.25) is 0 Å². The minimum atomic E-state index is -0.242. The molecule has 1 rings (SSSR count). The molecule has 1 aromatic heterocycles. The summed E-state index contributed by atoms with van der Waals surface area (Å²) in [5, 5.41) is 6.46. The van der Waals surface area contributed by atoms with Crippen LogP contribution < -0.4 is 5.73 Å². The Kier molecular flexibility index (Phi) is 1.18. The van der Waals surface area contributed by atoms with Crippen LogP contribution in [0, 0.1) is 0 Å². The van der Waals surface area contributed by atoms with Crippen molar-refractivity contribution in [2.24, 2.45) is 0 Å². The standard InChI is InChI=1S/C4H5N3O2/c1-2(8)3-4(5)7-9-6-3/h1H3,(H2,5,7). The van der Waals surface area contributed by atoms with Crippen molar-refractivity contribution in [2.45, 2.75) is 6.92 Å². The molecule has 0 atom stereocenters. The maximum atomic E-state index is 10.5. The number of hydrogen-bond donors (Lipinski definition) is 1. The van der Waals surface area contributed by atoms with Crippen molar-refractivity contribution >= 4 is 11.6 Å². The Bertz CT molecular complexity index is 229. The van der Waals surface area contributed by atoms with Crippen LogP contribution in [0.5, 0.6) is 0 Å². The Morgan fingerprint density at radius 1 is 1.67 bits per heavy atom. The zero-order chi connectivity index (χ0) is 6.85. The lowest BCUT2D eigenvalue weighted by Crippen LogP contribution is -1.97. The molecule has 48 valence electrons. The maximum Gasteiger partial charge on any atom is 0.199 e. The summed E-state index contributed by atoms with van der Waals surface area (Å²) in [7, 11) is 0. The highest BCUT2D eigenvalue weighted by molar-refractivity contribution is 5.95. The highest BCUT2D eigenvalue weighted by atomic mass is 16.6. The Morgan fingerprint density at radius 3 is 2.56 bits per heavy atom. The summed E-state index contributed by atoms with van der Waals surface area (Å²) in [5.41, 5.74) is 5.25. The molecule has 9 heavy (non-hydrogen) atoms. The van der Waals surface area contributed by atoms with Crippen molar-refractivity contribution < 1.29 is 9.42 Å². The van der Waals surface area contributed by atoms with E-state index in [9.17, 15) is 4.79 Å². The van der Waals surface area contributed by atoms with Gasteiger partial charge in [-0.3, -0.25) is 4.79 Å². The van der Waals surface area contributed by atoms with E-state index in [-0.39, 0.29) is 17.3 Å². The first kappa shape index (κ1) is 5.74. The van der Waals surface area contributed by atoms with Gasteiger partial charge < -0.3 is 5.73 Å². The first-order valence-corrected chi connectivity index (χ1v) is 2.31. The van der Waals surface area contributed by atoms with Crippen molar-refractivity contribution in [1.82, 2.24) is 10.3 Å². The molecule has 0 aliphatic carbocycles. The monoisotopic (exact) mass is 127 g/mol. The Morgan fingerprint density at radius 2 is 2.33 bits per heavy atom. The zero-order valence-electron chi connectivity index (χ0n) is 4.79. The largest absolute Gasteiger partial charge is 0.379 e. The minimum absolute atomic E-state index is 0.0440. The molecule has 1 heterocycles. The Labute approximate surface area is 50.8 Å². The fraction of sp³-hybridized carbons (Fsp3) is 0.250. The van der Waals surface area contributed by atoms with Gasteiger partial charge >= 0.3 is 0 Å². The minimum Gasteiger partial charge on any atom is -0.379 e. The van der Waals surface area contributed by atoms with Gasteiger partial charge in [-0.25, -0.2) is 4.63 Å². The molecule has 0 aromatic carbocycles. The molecular weight excluding hydrogens is 122 g/mol. The third-order valence-electron chi connectivity index (χ3n) is 0.847. The lowest BCUT2D eigenvalue weighted by atomic mass is 10.3. The topological polar surface area (TPSA) is 82.0 Å². The van der Waals surface area contributed by atoms with E-state index in [2.05, 4.69) is 14.9 Å². The Hall–Kier alpha value is -1.39. The number of ketones is 1. The fourth-order valence-electron chi connectivity index (χ4n) is 0.440. The van der Waals surface area contributed by atoms with Crippen LogP contribution in [-0.2, 0) is 0 Å². The van der Waals surface area contributed by atoms with E-state index in [0.29, 0.717) is 0 Å². The first-order valence-electron chi connectivity index (χ1n) is 2.31. The number of rotatable bonds is 1. The molecular formula is C4H5N3O2. The van der Waals surface area contributed by atoms with Crippen molar-refractivity contribution in [2.75, 3.05) is 5.73 Å². The summed E-state index contributed by atoms with van der Waals surface area (Å²) >= 11 is 0. The third kappa shape index (κ3) is 0.883. The summed E-state index contributed by atoms with van der Waals surface area (Å²) in [5.74, 6) is -0.198. The average molecular weight is 127 g/mol. The third-order valence-corrected chi connectivity index (χ3v) is 0.847. The van der Waals surface area contributed by atoms with Crippen LogP contribution in [0.1, 0.15) is 17.4 Å². The number of anilines is 1. The molecule has 0 radical (unpaired) electrons. The molecule has 0 unspecified atom stereocenters. The molecule has 1 aromatic rings. The van der Waals surface area contributed by atoms with Crippen molar-refractivity contribution in [3.8, 4) is 0 Å². The van der Waals surface area contributed by atoms with E-state index in [0.717, 1.165) is 0 Å². The van der Waals surface area contributed by atoms with Crippen molar-refractivity contribution in [1.29, 1.82) is 0 Å². The molecule has 0 aliphatic rings. The second-order valence-electron chi connectivity index (χ2n) is 1.55. The fourth-order valence-corrected chi connectivity index (χ4v) is 0.440. The predicted octanol–water partition coefficient (Wildman–Crippen LogP) is -0.146. The van der Waals surface area contributed by atoms with E-state index in [1.807, 2.05) is 0 Å². The van der Waals surface area contributed by atoms with Crippen molar-refractivity contribution in [3.63, 3.8) is 0 Å².